The minimum atomic E-state index is -0.685. The van der Waals surface area contributed by atoms with Crippen LogP contribution < -0.4 is 16.0 Å². The average molecular weight is 750 g/mol. The van der Waals surface area contributed by atoms with Crippen molar-refractivity contribution in [1.29, 1.82) is 0 Å². The summed E-state index contributed by atoms with van der Waals surface area (Å²) in [5.74, 6) is -1.67. The lowest BCUT2D eigenvalue weighted by molar-refractivity contribution is -0.133. The summed E-state index contributed by atoms with van der Waals surface area (Å²) in [6.07, 6.45) is 3.22. The van der Waals surface area contributed by atoms with Crippen LogP contribution in [-0.4, -0.2) is 83.6 Å². The van der Waals surface area contributed by atoms with Gasteiger partial charge in [0.25, 0.3) is 11.8 Å². The van der Waals surface area contributed by atoms with E-state index >= 15 is 0 Å². The van der Waals surface area contributed by atoms with Crippen molar-refractivity contribution in [2.45, 2.75) is 61.6 Å². The summed E-state index contributed by atoms with van der Waals surface area (Å²) in [6.45, 7) is 1.10. The largest absolute Gasteiger partial charge is 0.352 e. The predicted molar refractivity (Wildman–Crippen MR) is 211 cm³/mol. The second-order valence-electron chi connectivity index (χ2n) is 16.3. The van der Waals surface area contributed by atoms with Gasteiger partial charge >= 0.3 is 0 Å². The van der Waals surface area contributed by atoms with E-state index < -0.39 is 11.8 Å². The van der Waals surface area contributed by atoms with Gasteiger partial charge in [0.1, 0.15) is 0 Å². The zero-order valence-electron chi connectivity index (χ0n) is 31.3. The van der Waals surface area contributed by atoms with E-state index in [1.165, 1.54) is 16.7 Å². The first-order valence-electron chi connectivity index (χ1n) is 20.1. The van der Waals surface area contributed by atoms with Gasteiger partial charge in [-0.1, -0.05) is 91.0 Å². The molecule has 2 heterocycles. The van der Waals surface area contributed by atoms with E-state index in [4.69, 9.17) is 0 Å². The maximum atomic E-state index is 13.9. The van der Waals surface area contributed by atoms with Crippen LogP contribution in [0.15, 0.2) is 115 Å². The third kappa shape index (κ3) is 7.57. The monoisotopic (exact) mass is 749 g/mol. The second kappa shape index (κ2) is 15.0. The molecule has 3 saturated carbocycles. The summed E-state index contributed by atoms with van der Waals surface area (Å²) in [4.78, 5) is 71.4. The zero-order valence-corrected chi connectivity index (χ0v) is 31.3. The second-order valence-corrected chi connectivity index (χ2v) is 16.3. The highest BCUT2D eigenvalue weighted by atomic mass is 16.2. The standard InChI is InChI=1S/C46H47N5O5/c52-42(47-39-22-34(39)28-10-4-1-5-11-28)33-20-21-50(25-33)45(55)31-16-18-32(19-17-31)46(56)51-26-37(43(53)48-40-23-35(40)29-12-6-2-7-13-29)38(27-51)44(54)49-41-24-36(41)30-14-8-3-9-15-30/h1-19,33-41H,20-27H2,(H,47,52)(H,48,53)(H,49,54)/t33-,34+,35+,36+,37?,38?,39-,40-,41-/m0/s1. The molecule has 0 radical (unpaired) electrons. The third-order valence-electron chi connectivity index (χ3n) is 12.5. The molecule has 10 heteroatoms. The fourth-order valence-corrected chi connectivity index (χ4v) is 8.93. The number of nitrogens with zero attached hydrogens (tertiary/aromatic N) is 2. The minimum Gasteiger partial charge on any atom is -0.352 e. The highest BCUT2D eigenvalue weighted by Crippen LogP contribution is 2.43. The van der Waals surface area contributed by atoms with Crippen LogP contribution in [0.1, 0.15) is 80.8 Å². The molecule has 5 fully saturated rings. The number of nitrogens with one attached hydrogen (secondary N) is 3. The molecule has 9 atom stereocenters. The van der Waals surface area contributed by atoms with E-state index in [1.807, 2.05) is 54.6 Å². The lowest BCUT2D eigenvalue weighted by Crippen LogP contribution is -2.43. The van der Waals surface area contributed by atoms with Gasteiger partial charge in [0.2, 0.25) is 17.7 Å². The number of amides is 5. The van der Waals surface area contributed by atoms with Crippen molar-refractivity contribution in [3.63, 3.8) is 0 Å². The molecule has 286 valence electrons. The Morgan fingerprint density at radius 3 is 1.23 bits per heavy atom. The summed E-state index contributed by atoms with van der Waals surface area (Å²) in [5, 5.41) is 9.55. The Hall–Kier alpha value is -5.77. The summed E-state index contributed by atoms with van der Waals surface area (Å²) in [5.41, 5.74) is 4.42. The molecule has 2 saturated heterocycles. The molecule has 5 amide bonds. The van der Waals surface area contributed by atoms with E-state index in [0.29, 0.717) is 36.6 Å². The van der Waals surface area contributed by atoms with Gasteiger partial charge in [0, 0.05) is 73.2 Å². The van der Waals surface area contributed by atoms with E-state index in [9.17, 15) is 24.0 Å². The Kier molecular flexibility index (Phi) is 9.65. The molecule has 0 spiro atoms. The van der Waals surface area contributed by atoms with Crippen LogP contribution >= 0.6 is 0 Å². The molecule has 10 nitrogen and oxygen atoms in total. The van der Waals surface area contributed by atoms with Crippen LogP contribution in [-0.2, 0) is 14.4 Å². The molecule has 3 N–H and O–H groups in total. The number of rotatable bonds is 11. The van der Waals surface area contributed by atoms with Crippen LogP contribution in [0.5, 0.6) is 0 Å². The van der Waals surface area contributed by atoms with Gasteiger partial charge in [0.15, 0.2) is 0 Å². The molecule has 9 rings (SSSR count). The fraction of sp³-hybridized carbons (Fsp3) is 0.370. The van der Waals surface area contributed by atoms with E-state index in [1.54, 1.807) is 34.1 Å². The maximum absolute atomic E-state index is 13.9. The summed E-state index contributed by atoms with van der Waals surface area (Å²) in [6, 6.07) is 37.1. The van der Waals surface area contributed by atoms with Crippen LogP contribution in [0.3, 0.4) is 0 Å². The van der Waals surface area contributed by atoms with Gasteiger partial charge in [-0.05, 0) is 66.6 Å². The Labute approximate surface area is 327 Å². The number of carbonyl (C=O) groups is 5. The van der Waals surface area contributed by atoms with Crippen LogP contribution in [0.2, 0.25) is 0 Å². The smallest absolute Gasteiger partial charge is 0.253 e. The van der Waals surface area contributed by atoms with Crippen molar-refractivity contribution < 1.29 is 24.0 Å². The number of likely N-dealkylation sites (tertiary alicyclic amines) is 2. The molecular weight excluding hydrogens is 703 g/mol. The van der Waals surface area contributed by atoms with Crippen molar-refractivity contribution in [1.82, 2.24) is 25.8 Å². The molecule has 0 aromatic heterocycles. The van der Waals surface area contributed by atoms with E-state index in [-0.39, 0.29) is 78.5 Å². The van der Waals surface area contributed by atoms with Gasteiger partial charge in [-0.2, -0.15) is 0 Å². The topological polar surface area (TPSA) is 128 Å². The molecule has 56 heavy (non-hydrogen) atoms. The molecule has 4 aromatic carbocycles. The Balaban J connectivity index is 0.818. The van der Waals surface area contributed by atoms with Gasteiger partial charge in [-0.3, -0.25) is 24.0 Å². The number of hydrogen-bond donors (Lipinski definition) is 3. The van der Waals surface area contributed by atoms with E-state index in [0.717, 1.165) is 19.3 Å². The van der Waals surface area contributed by atoms with Gasteiger partial charge < -0.3 is 25.8 Å². The van der Waals surface area contributed by atoms with Gasteiger partial charge in [0.05, 0.1) is 17.8 Å². The molecule has 4 aromatic rings. The number of hydrogen-bond acceptors (Lipinski definition) is 5. The van der Waals surface area contributed by atoms with Crippen molar-refractivity contribution >= 4 is 29.5 Å². The van der Waals surface area contributed by atoms with Crippen LogP contribution in [0, 0.1) is 17.8 Å². The zero-order chi connectivity index (χ0) is 38.3. The van der Waals surface area contributed by atoms with Crippen LogP contribution in [0.25, 0.3) is 0 Å². The summed E-state index contributed by atoms with van der Waals surface area (Å²) < 4.78 is 0. The van der Waals surface area contributed by atoms with Crippen molar-refractivity contribution in [2.24, 2.45) is 17.8 Å². The average Bonchev–Trinajstić information content (AvgIpc) is 4.20. The summed E-state index contributed by atoms with van der Waals surface area (Å²) >= 11 is 0. The highest BCUT2D eigenvalue weighted by Gasteiger charge is 2.49. The normalized spacial score (nSPS) is 28.6. The number of benzene rings is 4. The summed E-state index contributed by atoms with van der Waals surface area (Å²) in [7, 11) is 0. The molecule has 3 aliphatic carbocycles. The predicted octanol–water partition coefficient (Wildman–Crippen LogP) is 4.85. The highest BCUT2D eigenvalue weighted by molar-refractivity contribution is 5.99. The third-order valence-corrected chi connectivity index (χ3v) is 12.5. The van der Waals surface area contributed by atoms with E-state index in [2.05, 4.69) is 52.3 Å². The SMILES string of the molecule is O=C(N[C@H]1C[C@@H]1c1ccccc1)C1CN(C(=O)c2ccc(C(=O)N3CC[C@H](C(=O)N[C@H]4C[C@@H]4c4ccccc4)C3)cc2)CC1C(=O)N[C@H]1C[C@@H]1c1ccccc1. The Morgan fingerprint density at radius 2 is 0.821 bits per heavy atom. The molecule has 2 aliphatic heterocycles. The molecule has 5 aliphatic rings. The van der Waals surface area contributed by atoms with Gasteiger partial charge in [-0.15, -0.1) is 0 Å². The Morgan fingerprint density at radius 1 is 0.446 bits per heavy atom. The van der Waals surface area contributed by atoms with Crippen molar-refractivity contribution in [3.05, 3.63) is 143 Å². The molecular formula is C46H47N5O5. The maximum Gasteiger partial charge on any atom is 0.253 e. The molecule has 0 bridgehead atoms. The van der Waals surface area contributed by atoms with Crippen molar-refractivity contribution in [2.75, 3.05) is 26.2 Å². The number of carbonyl (C=O) groups excluding carboxylic acids is 5. The quantitative estimate of drug-likeness (QED) is 0.202. The lowest BCUT2D eigenvalue weighted by atomic mass is 9.94. The first kappa shape index (κ1) is 35.9. The minimum absolute atomic E-state index is 0.000184. The lowest BCUT2D eigenvalue weighted by Gasteiger charge is -2.18. The van der Waals surface area contributed by atoms with Crippen LogP contribution in [0.4, 0.5) is 0 Å². The first-order chi connectivity index (χ1) is 27.3. The van der Waals surface area contributed by atoms with Gasteiger partial charge in [-0.25, -0.2) is 0 Å². The molecule has 2 unspecified atom stereocenters. The Bertz CT molecular complexity index is 2040. The fourth-order valence-electron chi connectivity index (χ4n) is 8.93. The van der Waals surface area contributed by atoms with Crippen molar-refractivity contribution in [3.8, 4) is 0 Å². The first-order valence-corrected chi connectivity index (χ1v) is 20.1.